The molecule has 1 aliphatic heterocycles. The second-order valence-electron chi connectivity index (χ2n) is 4.83. The number of alkyl halides is 2. The minimum absolute atomic E-state index is 0.0734. The summed E-state index contributed by atoms with van der Waals surface area (Å²) in [5, 5.41) is 1.85. The van der Waals surface area contributed by atoms with Gasteiger partial charge in [-0.1, -0.05) is 12.1 Å². The largest absolute Gasteiger partial charge is 0.490 e. The van der Waals surface area contributed by atoms with Gasteiger partial charge in [-0.3, -0.25) is 0 Å². The van der Waals surface area contributed by atoms with Gasteiger partial charge >= 0.3 is 12.6 Å². The second kappa shape index (κ2) is 7.43. The number of cyclic esters (lactones) is 1. The standard InChI is InChI=1S/C17H13F2NO4S/c1-2-22-13-9-10(5-6-12(13)23-17(18)19)8-11-16(21)24-15(20-11)14-4-3-7-25-14/h3-9,17H,2H2,1H3/b11-8-. The highest BCUT2D eigenvalue weighted by molar-refractivity contribution is 7.12. The average Bonchev–Trinajstić information content (AvgIpc) is 3.20. The third-order valence-electron chi connectivity index (χ3n) is 3.14. The van der Waals surface area contributed by atoms with Gasteiger partial charge in [0.05, 0.1) is 11.5 Å². The molecule has 1 aromatic carbocycles. The minimum Gasteiger partial charge on any atom is -0.490 e. The van der Waals surface area contributed by atoms with Crippen molar-refractivity contribution in [3.05, 3.63) is 51.8 Å². The van der Waals surface area contributed by atoms with Crippen LogP contribution in [0.15, 0.2) is 46.4 Å². The van der Waals surface area contributed by atoms with Crippen molar-refractivity contribution in [2.24, 2.45) is 4.99 Å². The van der Waals surface area contributed by atoms with Gasteiger partial charge in [-0.15, -0.1) is 11.3 Å². The van der Waals surface area contributed by atoms with Gasteiger partial charge in [0, 0.05) is 0 Å². The van der Waals surface area contributed by atoms with Crippen LogP contribution in [-0.4, -0.2) is 25.1 Å². The number of ether oxygens (including phenoxy) is 3. The number of thiophene rings is 1. The van der Waals surface area contributed by atoms with Crippen molar-refractivity contribution < 1.29 is 27.8 Å². The maximum atomic E-state index is 12.4. The topological polar surface area (TPSA) is 57.1 Å². The van der Waals surface area contributed by atoms with Gasteiger partial charge < -0.3 is 14.2 Å². The van der Waals surface area contributed by atoms with Gasteiger partial charge in [0.1, 0.15) is 0 Å². The van der Waals surface area contributed by atoms with Crippen LogP contribution < -0.4 is 9.47 Å². The summed E-state index contributed by atoms with van der Waals surface area (Å²) in [6.45, 7) is -0.947. The van der Waals surface area contributed by atoms with E-state index in [1.165, 1.54) is 35.6 Å². The summed E-state index contributed by atoms with van der Waals surface area (Å²) in [6, 6.07) is 8.00. The molecule has 2 heterocycles. The first-order valence-electron chi connectivity index (χ1n) is 7.35. The quantitative estimate of drug-likeness (QED) is 0.571. The number of nitrogens with zero attached hydrogens (tertiary/aromatic N) is 1. The monoisotopic (exact) mass is 365 g/mol. The third-order valence-corrected chi connectivity index (χ3v) is 4.00. The highest BCUT2D eigenvalue weighted by atomic mass is 32.1. The van der Waals surface area contributed by atoms with Crippen molar-refractivity contribution in [3.8, 4) is 11.5 Å². The molecule has 8 heteroatoms. The zero-order valence-corrected chi connectivity index (χ0v) is 13.9. The molecule has 130 valence electrons. The number of esters is 1. The molecular weight excluding hydrogens is 352 g/mol. The molecule has 0 unspecified atom stereocenters. The molecule has 0 amide bonds. The predicted molar refractivity (Wildman–Crippen MR) is 89.2 cm³/mol. The van der Waals surface area contributed by atoms with Gasteiger partial charge in [0.25, 0.3) is 0 Å². The predicted octanol–water partition coefficient (Wildman–Crippen LogP) is 4.09. The number of hydrogen-bond donors (Lipinski definition) is 0. The molecule has 3 rings (SSSR count). The van der Waals surface area contributed by atoms with Crippen LogP contribution in [0.4, 0.5) is 8.78 Å². The summed E-state index contributed by atoms with van der Waals surface area (Å²) in [4.78, 5) is 16.9. The summed E-state index contributed by atoms with van der Waals surface area (Å²) < 4.78 is 39.7. The maximum absolute atomic E-state index is 12.4. The highest BCUT2D eigenvalue weighted by Gasteiger charge is 2.24. The Morgan fingerprint density at radius 1 is 1.32 bits per heavy atom. The number of carbonyl (C=O) groups excluding carboxylic acids is 1. The lowest BCUT2D eigenvalue weighted by Crippen LogP contribution is -2.05. The third kappa shape index (κ3) is 4.03. The van der Waals surface area contributed by atoms with Crippen LogP contribution >= 0.6 is 11.3 Å². The fourth-order valence-electron chi connectivity index (χ4n) is 2.15. The number of halogens is 2. The summed E-state index contributed by atoms with van der Waals surface area (Å²) in [6.07, 6.45) is 1.50. The lowest BCUT2D eigenvalue weighted by Gasteiger charge is -2.11. The highest BCUT2D eigenvalue weighted by Crippen LogP contribution is 2.31. The van der Waals surface area contributed by atoms with Crippen LogP contribution in [0, 0.1) is 0 Å². The van der Waals surface area contributed by atoms with Crippen molar-refractivity contribution in [2.75, 3.05) is 6.61 Å². The van der Waals surface area contributed by atoms with Crippen molar-refractivity contribution >= 4 is 29.3 Å². The molecule has 0 radical (unpaired) electrons. The Hall–Kier alpha value is -2.74. The molecule has 0 spiro atoms. The van der Waals surface area contributed by atoms with Crippen molar-refractivity contribution in [2.45, 2.75) is 13.5 Å². The lowest BCUT2D eigenvalue weighted by atomic mass is 10.1. The smallest absolute Gasteiger partial charge is 0.387 e. The van der Waals surface area contributed by atoms with E-state index < -0.39 is 12.6 Å². The van der Waals surface area contributed by atoms with Gasteiger partial charge in [-0.2, -0.15) is 8.78 Å². The number of rotatable bonds is 6. The van der Waals surface area contributed by atoms with E-state index in [-0.39, 0.29) is 29.7 Å². The van der Waals surface area contributed by atoms with Crippen LogP contribution in [0.1, 0.15) is 17.4 Å². The van der Waals surface area contributed by atoms with Crippen molar-refractivity contribution in [1.82, 2.24) is 0 Å². The second-order valence-corrected chi connectivity index (χ2v) is 5.78. The summed E-state index contributed by atoms with van der Waals surface area (Å²) in [5.74, 6) is -0.245. The number of aliphatic imine (C=N–C) groups is 1. The van der Waals surface area contributed by atoms with Crippen LogP contribution in [0.25, 0.3) is 6.08 Å². The first-order chi connectivity index (χ1) is 12.1. The molecule has 1 aliphatic rings. The van der Waals surface area contributed by atoms with E-state index in [0.717, 1.165) is 4.88 Å². The maximum Gasteiger partial charge on any atom is 0.387 e. The Kier molecular flexibility index (Phi) is 5.08. The summed E-state index contributed by atoms with van der Waals surface area (Å²) in [5.41, 5.74) is 0.668. The average molecular weight is 365 g/mol. The molecule has 0 bridgehead atoms. The van der Waals surface area contributed by atoms with E-state index >= 15 is 0 Å². The molecule has 2 aromatic rings. The van der Waals surface area contributed by atoms with Crippen LogP contribution in [-0.2, 0) is 9.53 Å². The SMILES string of the molecule is CCOc1cc(/C=C2\N=C(c3cccs3)OC2=O)ccc1OC(F)F. The van der Waals surface area contributed by atoms with Crippen LogP contribution in [0.5, 0.6) is 11.5 Å². The Balaban J connectivity index is 1.90. The van der Waals surface area contributed by atoms with E-state index in [2.05, 4.69) is 9.73 Å². The van der Waals surface area contributed by atoms with Crippen LogP contribution in [0.2, 0.25) is 0 Å². The van der Waals surface area contributed by atoms with E-state index in [1.54, 1.807) is 13.0 Å². The van der Waals surface area contributed by atoms with E-state index in [4.69, 9.17) is 9.47 Å². The molecule has 0 saturated carbocycles. The van der Waals surface area contributed by atoms with Gasteiger partial charge in [-0.25, -0.2) is 9.79 Å². The lowest BCUT2D eigenvalue weighted by molar-refractivity contribution is -0.129. The van der Waals surface area contributed by atoms with Gasteiger partial charge in [-0.05, 0) is 42.1 Å². The first-order valence-corrected chi connectivity index (χ1v) is 8.23. The van der Waals surface area contributed by atoms with E-state index in [0.29, 0.717) is 5.56 Å². The fourth-order valence-corrected chi connectivity index (χ4v) is 2.80. The number of benzene rings is 1. The molecule has 25 heavy (non-hydrogen) atoms. The summed E-state index contributed by atoms with van der Waals surface area (Å²) in [7, 11) is 0. The Labute approximate surface area is 146 Å². The van der Waals surface area contributed by atoms with Crippen molar-refractivity contribution in [3.63, 3.8) is 0 Å². The fraction of sp³-hybridized carbons (Fsp3) is 0.176. The summed E-state index contributed by atoms with van der Waals surface area (Å²) >= 11 is 1.40. The van der Waals surface area contributed by atoms with Gasteiger partial charge in [0.2, 0.25) is 5.90 Å². The van der Waals surface area contributed by atoms with Gasteiger partial charge in [0.15, 0.2) is 17.2 Å². The molecule has 0 fully saturated rings. The Morgan fingerprint density at radius 3 is 2.84 bits per heavy atom. The molecule has 1 aromatic heterocycles. The zero-order chi connectivity index (χ0) is 17.8. The van der Waals surface area contributed by atoms with Crippen molar-refractivity contribution in [1.29, 1.82) is 0 Å². The molecule has 0 N–H and O–H groups in total. The molecule has 0 aliphatic carbocycles. The number of hydrogen-bond acceptors (Lipinski definition) is 6. The van der Waals surface area contributed by atoms with E-state index in [1.807, 2.05) is 11.4 Å². The number of carbonyl (C=O) groups is 1. The normalized spacial score (nSPS) is 15.4. The molecule has 0 atom stereocenters. The molecule has 0 saturated heterocycles. The minimum atomic E-state index is -2.95. The molecule has 5 nitrogen and oxygen atoms in total. The Morgan fingerprint density at radius 2 is 2.16 bits per heavy atom. The van der Waals surface area contributed by atoms with E-state index in [9.17, 15) is 13.6 Å². The zero-order valence-electron chi connectivity index (χ0n) is 13.1. The van der Waals surface area contributed by atoms with Crippen LogP contribution in [0.3, 0.4) is 0 Å². The first kappa shape index (κ1) is 17.1. The Bertz CT molecular complexity index is 831. The molecular formula is C17H13F2NO4S.